The highest BCUT2D eigenvalue weighted by Crippen LogP contribution is 2.33. The predicted molar refractivity (Wildman–Crippen MR) is 140 cm³/mol. The first-order valence-corrected chi connectivity index (χ1v) is 12.5. The molecule has 7 heteroatoms. The maximum absolute atomic E-state index is 13.7. The third-order valence-electron chi connectivity index (χ3n) is 6.07. The number of nitrogens with one attached hydrogen (secondary N) is 1. The first kappa shape index (κ1) is 25.6. The van der Waals surface area contributed by atoms with Crippen LogP contribution in [0.4, 0.5) is 0 Å². The van der Waals surface area contributed by atoms with Crippen molar-refractivity contribution in [3.05, 3.63) is 94.5 Å². The Kier molecular flexibility index (Phi) is 8.49. The van der Waals surface area contributed by atoms with Crippen molar-refractivity contribution in [3.8, 4) is 11.5 Å². The van der Waals surface area contributed by atoms with E-state index in [0.29, 0.717) is 29.4 Å². The number of benzene rings is 3. The Balaban J connectivity index is 1.60. The van der Waals surface area contributed by atoms with Gasteiger partial charge in [0.2, 0.25) is 18.6 Å². The Morgan fingerprint density at radius 2 is 1.67 bits per heavy atom. The Labute approximate surface area is 217 Å². The molecule has 1 N–H and O–H groups in total. The van der Waals surface area contributed by atoms with Crippen LogP contribution in [-0.4, -0.2) is 35.6 Å². The van der Waals surface area contributed by atoms with Gasteiger partial charge in [0.25, 0.3) is 0 Å². The first-order valence-electron chi connectivity index (χ1n) is 12.2. The quantitative estimate of drug-likeness (QED) is 0.412. The number of carbonyl (C=O) groups is 2. The highest BCUT2D eigenvalue weighted by atomic mass is 35.5. The van der Waals surface area contributed by atoms with Gasteiger partial charge in [0.15, 0.2) is 11.5 Å². The number of rotatable bonds is 10. The second-order valence-corrected chi connectivity index (χ2v) is 9.58. The lowest BCUT2D eigenvalue weighted by molar-refractivity contribution is -0.141. The van der Waals surface area contributed by atoms with Gasteiger partial charge in [-0.3, -0.25) is 9.59 Å². The smallest absolute Gasteiger partial charge is 0.243 e. The van der Waals surface area contributed by atoms with E-state index in [-0.39, 0.29) is 37.6 Å². The van der Waals surface area contributed by atoms with Gasteiger partial charge in [0.1, 0.15) is 6.04 Å². The summed E-state index contributed by atoms with van der Waals surface area (Å²) < 4.78 is 10.9. The Hall–Kier alpha value is -3.51. The van der Waals surface area contributed by atoms with Crippen LogP contribution in [0.15, 0.2) is 72.8 Å². The lowest BCUT2D eigenvalue weighted by Crippen LogP contribution is -2.51. The van der Waals surface area contributed by atoms with Gasteiger partial charge in [-0.1, -0.05) is 66.2 Å². The fourth-order valence-corrected chi connectivity index (χ4v) is 4.43. The molecule has 0 bridgehead atoms. The largest absolute Gasteiger partial charge is 0.454 e. The standard InChI is InChI=1S/C29H31ClN2O4/c1-20(2)31-29(34)25(16-21-8-4-3-5-9-21)32(18-23-10-6-7-11-24(23)30)28(33)15-13-22-12-14-26-27(17-22)36-19-35-26/h3-12,14,17,20,25H,13,15-16,18-19H2,1-2H3,(H,31,34)/t25-/m0/s1. The summed E-state index contributed by atoms with van der Waals surface area (Å²) in [6, 6.07) is 22.1. The number of amides is 2. The number of hydrogen-bond donors (Lipinski definition) is 1. The molecule has 1 atom stereocenters. The van der Waals surface area contributed by atoms with Gasteiger partial charge < -0.3 is 19.7 Å². The fraction of sp³-hybridized carbons (Fsp3) is 0.310. The zero-order valence-corrected chi connectivity index (χ0v) is 21.3. The van der Waals surface area contributed by atoms with Gasteiger partial charge in [0.05, 0.1) is 0 Å². The maximum atomic E-state index is 13.7. The number of ether oxygens (including phenoxy) is 2. The molecule has 2 amide bonds. The minimum absolute atomic E-state index is 0.0540. The van der Waals surface area contributed by atoms with Gasteiger partial charge in [-0.05, 0) is 55.2 Å². The molecule has 1 heterocycles. The number of carbonyl (C=O) groups excluding carboxylic acids is 2. The summed E-state index contributed by atoms with van der Waals surface area (Å²) in [4.78, 5) is 28.8. The molecule has 0 radical (unpaired) electrons. The summed E-state index contributed by atoms with van der Waals surface area (Å²) in [5.41, 5.74) is 2.75. The fourth-order valence-electron chi connectivity index (χ4n) is 4.24. The van der Waals surface area contributed by atoms with Crippen LogP contribution >= 0.6 is 11.6 Å². The summed E-state index contributed by atoms with van der Waals surface area (Å²) in [7, 11) is 0. The molecule has 0 aliphatic carbocycles. The molecule has 0 saturated heterocycles. The SMILES string of the molecule is CC(C)NC(=O)[C@H](Cc1ccccc1)N(Cc1ccccc1Cl)C(=O)CCc1ccc2c(c1)OCO2. The molecule has 1 aliphatic rings. The molecule has 6 nitrogen and oxygen atoms in total. The van der Waals surface area contributed by atoms with Crippen LogP contribution in [0, 0.1) is 0 Å². The van der Waals surface area contributed by atoms with E-state index < -0.39 is 6.04 Å². The van der Waals surface area contributed by atoms with Crippen LogP contribution < -0.4 is 14.8 Å². The van der Waals surface area contributed by atoms with Gasteiger partial charge in [-0.15, -0.1) is 0 Å². The van der Waals surface area contributed by atoms with E-state index in [4.69, 9.17) is 21.1 Å². The van der Waals surface area contributed by atoms with Gasteiger partial charge in [-0.25, -0.2) is 0 Å². The van der Waals surface area contributed by atoms with Gasteiger partial charge >= 0.3 is 0 Å². The summed E-state index contributed by atoms with van der Waals surface area (Å²) in [6.07, 6.45) is 1.16. The molecule has 0 aromatic heterocycles. The third-order valence-corrected chi connectivity index (χ3v) is 6.43. The van der Waals surface area contributed by atoms with Gasteiger partial charge in [0, 0.05) is 30.5 Å². The maximum Gasteiger partial charge on any atom is 0.243 e. The molecular weight excluding hydrogens is 476 g/mol. The van der Waals surface area contributed by atoms with E-state index in [1.54, 1.807) is 11.0 Å². The Bertz CT molecular complexity index is 1200. The molecule has 3 aromatic carbocycles. The molecule has 36 heavy (non-hydrogen) atoms. The van der Waals surface area contributed by atoms with Crippen LogP contribution in [0.25, 0.3) is 0 Å². The molecule has 1 aliphatic heterocycles. The lowest BCUT2D eigenvalue weighted by Gasteiger charge is -2.32. The zero-order valence-electron chi connectivity index (χ0n) is 20.6. The highest BCUT2D eigenvalue weighted by molar-refractivity contribution is 6.31. The third kappa shape index (κ3) is 6.58. The molecule has 0 spiro atoms. The van der Waals surface area contributed by atoms with E-state index in [2.05, 4.69) is 5.32 Å². The molecule has 0 saturated carbocycles. The van der Waals surface area contributed by atoms with Crippen LogP contribution in [0.3, 0.4) is 0 Å². The normalized spacial score (nSPS) is 12.9. The summed E-state index contributed by atoms with van der Waals surface area (Å²) in [5.74, 6) is 1.09. The molecule has 4 rings (SSSR count). The molecule has 0 unspecified atom stereocenters. The van der Waals surface area contributed by atoms with E-state index in [1.807, 2.05) is 80.6 Å². The monoisotopic (exact) mass is 506 g/mol. The number of aryl methyl sites for hydroxylation is 1. The van der Waals surface area contributed by atoms with E-state index in [9.17, 15) is 9.59 Å². The minimum Gasteiger partial charge on any atom is -0.454 e. The van der Waals surface area contributed by atoms with E-state index in [1.165, 1.54) is 0 Å². The topological polar surface area (TPSA) is 67.9 Å². The summed E-state index contributed by atoms with van der Waals surface area (Å²) >= 11 is 6.46. The van der Waals surface area contributed by atoms with Gasteiger partial charge in [-0.2, -0.15) is 0 Å². The van der Waals surface area contributed by atoms with Crippen molar-refractivity contribution in [3.63, 3.8) is 0 Å². The minimum atomic E-state index is -0.685. The summed E-state index contributed by atoms with van der Waals surface area (Å²) in [5, 5.41) is 3.57. The van der Waals surface area contributed by atoms with E-state index >= 15 is 0 Å². The second-order valence-electron chi connectivity index (χ2n) is 9.17. The number of nitrogens with zero attached hydrogens (tertiary/aromatic N) is 1. The van der Waals surface area contributed by atoms with Crippen molar-refractivity contribution in [1.29, 1.82) is 0 Å². The zero-order chi connectivity index (χ0) is 25.5. The van der Waals surface area contributed by atoms with Crippen LogP contribution in [-0.2, 0) is 29.0 Å². The van der Waals surface area contributed by atoms with Crippen molar-refractivity contribution in [2.75, 3.05) is 6.79 Å². The molecule has 3 aromatic rings. The predicted octanol–water partition coefficient (Wildman–Crippen LogP) is 5.17. The molecule has 188 valence electrons. The van der Waals surface area contributed by atoms with Crippen molar-refractivity contribution in [1.82, 2.24) is 10.2 Å². The number of hydrogen-bond acceptors (Lipinski definition) is 4. The first-order chi connectivity index (χ1) is 17.4. The molecular formula is C29H31ClN2O4. The Morgan fingerprint density at radius 3 is 2.42 bits per heavy atom. The summed E-state index contributed by atoms with van der Waals surface area (Å²) in [6.45, 7) is 4.27. The van der Waals surface area contributed by atoms with Crippen molar-refractivity contribution >= 4 is 23.4 Å². The molecule has 0 fully saturated rings. The van der Waals surface area contributed by atoms with Crippen LogP contribution in [0.2, 0.25) is 5.02 Å². The van der Waals surface area contributed by atoms with Crippen LogP contribution in [0.1, 0.15) is 37.0 Å². The lowest BCUT2D eigenvalue weighted by atomic mass is 10.0. The van der Waals surface area contributed by atoms with Crippen molar-refractivity contribution in [2.24, 2.45) is 0 Å². The van der Waals surface area contributed by atoms with E-state index in [0.717, 1.165) is 16.7 Å². The number of fused-ring (bicyclic) bond motifs is 1. The highest BCUT2D eigenvalue weighted by Gasteiger charge is 2.31. The average Bonchev–Trinajstić information content (AvgIpc) is 3.34. The Morgan fingerprint density at radius 1 is 0.944 bits per heavy atom. The van der Waals surface area contributed by atoms with Crippen molar-refractivity contribution in [2.45, 2.75) is 51.7 Å². The number of halogens is 1. The second kappa shape index (κ2) is 12.0. The van der Waals surface area contributed by atoms with Crippen molar-refractivity contribution < 1.29 is 19.1 Å². The average molecular weight is 507 g/mol. The van der Waals surface area contributed by atoms with Crippen LogP contribution in [0.5, 0.6) is 11.5 Å².